The number of carbonyl (C=O) groups excluding carboxylic acids is 2. The van der Waals surface area contributed by atoms with Crippen molar-refractivity contribution < 1.29 is 22.5 Å². The highest BCUT2D eigenvalue weighted by molar-refractivity contribution is 7.89. The van der Waals surface area contributed by atoms with Gasteiger partial charge in [0.15, 0.2) is 5.82 Å². The molecule has 0 saturated heterocycles. The molecule has 0 spiro atoms. The number of H-pyrrole nitrogens is 1. The Balaban J connectivity index is 1.67. The molecule has 162 valence electrons. The predicted octanol–water partition coefficient (Wildman–Crippen LogP) is 1.29. The van der Waals surface area contributed by atoms with E-state index in [2.05, 4.69) is 30.0 Å². The third-order valence-electron chi connectivity index (χ3n) is 4.05. The molecule has 12 heteroatoms. The summed E-state index contributed by atoms with van der Waals surface area (Å²) in [6.45, 7) is 2.74. The van der Waals surface area contributed by atoms with Crippen LogP contribution in [0.25, 0.3) is 11.4 Å². The Bertz CT molecular complexity index is 1260. The molecule has 3 aromatic rings. The largest absolute Gasteiger partial charge is 0.439 e. The maximum Gasteiger partial charge on any atom is 0.439 e. The predicted molar refractivity (Wildman–Crippen MR) is 112 cm³/mol. The first-order valence-electron chi connectivity index (χ1n) is 9.01. The molecule has 11 nitrogen and oxygen atoms in total. The molecular weight excluding hydrogens is 426 g/mol. The maximum absolute atomic E-state index is 12.5. The van der Waals surface area contributed by atoms with E-state index < -0.39 is 27.7 Å². The van der Waals surface area contributed by atoms with Crippen molar-refractivity contribution in [1.29, 1.82) is 0 Å². The Kier molecular flexibility index (Phi) is 6.32. The minimum atomic E-state index is -3.98. The van der Waals surface area contributed by atoms with Crippen LogP contribution in [0.2, 0.25) is 0 Å². The van der Waals surface area contributed by atoms with Crippen molar-refractivity contribution in [2.24, 2.45) is 0 Å². The minimum Gasteiger partial charge on any atom is -0.326 e. The summed E-state index contributed by atoms with van der Waals surface area (Å²) in [6.07, 6.45) is 0. The lowest BCUT2D eigenvalue weighted by Gasteiger charge is -2.15. The van der Waals surface area contributed by atoms with E-state index in [1.165, 1.54) is 38.1 Å². The highest BCUT2D eigenvalue weighted by atomic mass is 32.2. The van der Waals surface area contributed by atoms with Crippen LogP contribution in [0.4, 0.5) is 11.4 Å². The zero-order chi connectivity index (χ0) is 22.6. The number of nitrogens with zero attached hydrogens (tertiary/aromatic N) is 1. The number of anilines is 2. The summed E-state index contributed by atoms with van der Waals surface area (Å²) < 4.78 is 31.8. The van der Waals surface area contributed by atoms with Crippen LogP contribution in [-0.4, -0.2) is 36.4 Å². The van der Waals surface area contributed by atoms with Crippen molar-refractivity contribution in [2.45, 2.75) is 24.8 Å². The van der Waals surface area contributed by atoms with Gasteiger partial charge in [-0.25, -0.2) is 13.2 Å². The van der Waals surface area contributed by atoms with E-state index in [0.29, 0.717) is 16.9 Å². The second-order valence-corrected chi connectivity index (χ2v) is 8.28. The van der Waals surface area contributed by atoms with Gasteiger partial charge >= 0.3 is 5.76 Å². The number of aromatic amines is 1. The molecule has 0 aliphatic carbocycles. The molecule has 0 saturated carbocycles. The summed E-state index contributed by atoms with van der Waals surface area (Å²) in [7, 11) is -3.98. The van der Waals surface area contributed by atoms with Crippen molar-refractivity contribution in [3.8, 4) is 11.4 Å². The molecule has 2 aromatic carbocycles. The van der Waals surface area contributed by atoms with Crippen LogP contribution in [0.1, 0.15) is 13.8 Å². The Morgan fingerprint density at radius 3 is 2.39 bits per heavy atom. The molecule has 0 bridgehead atoms. The number of rotatable bonds is 7. The first-order chi connectivity index (χ1) is 14.6. The van der Waals surface area contributed by atoms with E-state index in [1.807, 2.05) is 0 Å². The average Bonchev–Trinajstić information content (AvgIpc) is 3.14. The van der Waals surface area contributed by atoms with Crippen LogP contribution in [0.15, 0.2) is 62.7 Å². The summed E-state index contributed by atoms with van der Waals surface area (Å²) in [5.74, 6) is -1.39. The molecule has 3 rings (SSSR count). The van der Waals surface area contributed by atoms with Gasteiger partial charge in [-0.05, 0) is 43.3 Å². The third kappa shape index (κ3) is 5.65. The van der Waals surface area contributed by atoms with Gasteiger partial charge in [-0.1, -0.05) is 17.3 Å². The molecule has 0 radical (unpaired) electrons. The number of sulfonamides is 1. The van der Waals surface area contributed by atoms with Crippen LogP contribution < -0.4 is 21.1 Å². The minimum absolute atomic E-state index is 0.0572. The Morgan fingerprint density at radius 2 is 1.77 bits per heavy atom. The number of nitrogens with one attached hydrogen (secondary N) is 4. The second kappa shape index (κ2) is 8.93. The highest BCUT2D eigenvalue weighted by Gasteiger charge is 2.22. The second-order valence-electron chi connectivity index (χ2n) is 6.56. The Labute approximate surface area is 176 Å². The maximum atomic E-state index is 12.5. The summed E-state index contributed by atoms with van der Waals surface area (Å²) in [5.41, 5.74) is 1.32. The Hall–Kier alpha value is -3.77. The van der Waals surface area contributed by atoms with Crippen molar-refractivity contribution in [1.82, 2.24) is 14.9 Å². The molecule has 0 aliphatic heterocycles. The van der Waals surface area contributed by atoms with Gasteiger partial charge in [0.2, 0.25) is 21.8 Å². The summed E-state index contributed by atoms with van der Waals surface area (Å²) >= 11 is 0. The van der Waals surface area contributed by atoms with Crippen molar-refractivity contribution in [3.05, 3.63) is 59.1 Å². The van der Waals surface area contributed by atoms with Gasteiger partial charge in [0.05, 0.1) is 10.9 Å². The van der Waals surface area contributed by atoms with Gasteiger partial charge < -0.3 is 10.6 Å². The van der Waals surface area contributed by atoms with Gasteiger partial charge in [0.25, 0.3) is 0 Å². The van der Waals surface area contributed by atoms with E-state index in [1.54, 1.807) is 24.3 Å². The zero-order valence-electron chi connectivity index (χ0n) is 16.5. The van der Waals surface area contributed by atoms with Crippen LogP contribution in [0.5, 0.6) is 0 Å². The lowest BCUT2D eigenvalue weighted by Crippen LogP contribution is -2.41. The zero-order valence-corrected chi connectivity index (χ0v) is 17.3. The van der Waals surface area contributed by atoms with E-state index in [4.69, 9.17) is 0 Å². The van der Waals surface area contributed by atoms with Crippen LogP contribution in [0, 0.1) is 0 Å². The molecule has 2 amide bonds. The number of aromatic nitrogens is 2. The first kappa shape index (κ1) is 21.9. The van der Waals surface area contributed by atoms with E-state index in [9.17, 15) is 22.8 Å². The van der Waals surface area contributed by atoms with E-state index in [-0.39, 0.29) is 16.6 Å². The summed E-state index contributed by atoms with van der Waals surface area (Å²) in [5, 5.41) is 8.71. The van der Waals surface area contributed by atoms with Gasteiger partial charge in [0, 0.05) is 23.9 Å². The fraction of sp³-hybridized carbons (Fsp3) is 0.158. The van der Waals surface area contributed by atoms with Gasteiger partial charge in [0.1, 0.15) is 0 Å². The topological polar surface area (TPSA) is 163 Å². The number of amides is 2. The van der Waals surface area contributed by atoms with Gasteiger partial charge in [-0.3, -0.25) is 19.1 Å². The van der Waals surface area contributed by atoms with Crippen LogP contribution >= 0.6 is 0 Å². The number of hydrogen-bond acceptors (Lipinski definition) is 7. The van der Waals surface area contributed by atoms with E-state index in [0.717, 1.165) is 0 Å². The molecule has 0 unspecified atom stereocenters. The summed E-state index contributed by atoms with van der Waals surface area (Å²) in [4.78, 5) is 37.0. The first-order valence-corrected chi connectivity index (χ1v) is 10.5. The smallest absolute Gasteiger partial charge is 0.326 e. The van der Waals surface area contributed by atoms with Crippen molar-refractivity contribution in [2.75, 3.05) is 10.6 Å². The molecule has 1 atom stereocenters. The number of carbonyl (C=O) groups is 2. The lowest BCUT2D eigenvalue weighted by atomic mass is 10.2. The molecule has 1 heterocycles. The van der Waals surface area contributed by atoms with Crippen LogP contribution in [-0.2, 0) is 19.6 Å². The highest BCUT2D eigenvalue weighted by Crippen LogP contribution is 2.19. The van der Waals surface area contributed by atoms with Gasteiger partial charge in [-0.15, -0.1) is 0 Å². The van der Waals surface area contributed by atoms with Crippen LogP contribution in [0.3, 0.4) is 0 Å². The number of benzene rings is 2. The fourth-order valence-corrected chi connectivity index (χ4v) is 3.83. The third-order valence-corrected chi connectivity index (χ3v) is 5.61. The molecule has 4 N–H and O–H groups in total. The molecular formula is C19H19N5O6S. The fourth-order valence-electron chi connectivity index (χ4n) is 2.62. The monoisotopic (exact) mass is 445 g/mol. The quantitative estimate of drug-likeness (QED) is 0.426. The van der Waals surface area contributed by atoms with Crippen molar-refractivity contribution in [3.63, 3.8) is 0 Å². The lowest BCUT2D eigenvalue weighted by molar-refractivity contribution is -0.117. The summed E-state index contributed by atoms with van der Waals surface area (Å²) in [6, 6.07) is 10.9. The molecule has 31 heavy (non-hydrogen) atoms. The average molecular weight is 445 g/mol. The van der Waals surface area contributed by atoms with Crippen molar-refractivity contribution >= 4 is 33.2 Å². The molecule has 0 fully saturated rings. The Morgan fingerprint density at radius 1 is 1.06 bits per heavy atom. The van der Waals surface area contributed by atoms with E-state index >= 15 is 0 Å². The molecule has 1 aromatic heterocycles. The number of hydrogen-bond donors (Lipinski definition) is 4. The normalized spacial score (nSPS) is 12.2. The van der Waals surface area contributed by atoms with Gasteiger partial charge in [-0.2, -0.15) is 4.72 Å². The standard InChI is InChI=1S/C19H19N5O6S/c1-11(24-31(28,29)16-8-6-14(7-9-16)20-12(2)25)18(26)21-15-5-3-4-13(10-15)17-22-19(27)30-23-17/h3-11,24H,1-2H3,(H,20,25)(H,21,26)(H,22,23,27)/t11-/m0/s1. The SMILES string of the molecule is CC(=O)Nc1ccc(S(=O)(=O)N[C@@H](C)C(=O)Nc2cccc(-c3noc(=O)[nH]3)c2)cc1. The molecule has 0 aliphatic rings.